The van der Waals surface area contributed by atoms with Crippen LogP contribution >= 0.6 is 11.8 Å². The molecule has 3 N–H and O–H groups in total. The highest BCUT2D eigenvalue weighted by atomic mass is 32.2. The van der Waals surface area contributed by atoms with Crippen molar-refractivity contribution < 1.29 is 15.3 Å². The minimum atomic E-state index is -1.08. The molecule has 4 atom stereocenters. The van der Waals surface area contributed by atoms with Crippen LogP contribution in [0.25, 0.3) is 0 Å². The quantitative estimate of drug-likeness (QED) is 0.622. The van der Waals surface area contributed by atoms with E-state index < -0.39 is 28.5 Å². The van der Waals surface area contributed by atoms with E-state index in [1.165, 1.54) is 22.5 Å². The number of hydrogen-bond donors (Lipinski definition) is 3. The number of thioether (sulfide) groups is 1. The van der Waals surface area contributed by atoms with E-state index in [1.807, 2.05) is 0 Å². The third kappa shape index (κ3) is 2.23. The molecule has 94 valence electrons. The number of aliphatic hydroxyl groups is 3. The molecule has 1 aromatic heterocycles. The van der Waals surface area contributed by atoms with Gasteiger partial charge < -0.3 is 15.3 Å². The van der Waals surface area contributed by atoms with Gasteiger partial charge in [-0.1, -0.05) is 0 Å². The molecule has 0 aliphatic carbocycles. The van der Waals surface area contributed by atoms with Crippen LogP contribution in [0.15, 0.2) is 17.1 Å². The first-order valence-corrected chi connectivity index (χ1v) is 6.17. The first-order chi connectivity index (χ1) is 8.04. The summed E-state index contributed by atoms with van der Waals surface area (Å²) >= 11 is 1.17. The first-order valence-electron chi connectivity index (χ1n) is 5.23. The Balaban J connectivity index is 2.32. The summed E-state index contributed by atoms with van der Waals surface area (Å²) in [4.78, 5) is 15.4. The molecule has 1 aromatic rings. The molecular formula is C10H14N2O4S. The van der Waals surface area contributed by atoms with Crippen molar-refractivity contribution in [1.82, 2.24) is 9.55 Å². The van der Waals surface area contributed by atoms with Crippen LogP contribution in [-0.2, 0) is 0 Å². The highest BCUT2D eigenvalue weighted by Gasteiger charge is 2.43. The highest BCUT2D eigenvalue weighted by Crippen LogP contribution is 2.40. The Morgan fingerprint density at radius 2 is 2.18 bits per heavy atom. The zero-order valence-electron chi connectivity index (χ0n) is 9.22. The Labute approximate surface area is 102 Å². The summed E-state index contributed by atoms with van der Waals surface area (Å²) in [6.07, 6.45) is -0.583. The van der Waals surface area contributed by atoms with Crippen molar-refractivity contribution in [3.05, 3.63) is 28.4 Å². The number of aliphatic hydroxyl groups excluding tert-OH is 3. The second-order valence-electron chi connectivity index (χ2n) is 3.99. The summed E-state index contributed by atoms with van der Waals surface area (Å²) < 4.78 is 1.28. The Kier molecular flexibility index (Phi) is 3.53. The van der Waals surface area contributed by atoms with Crippen molar-refractivity contribution in [2.45, 2.75) is 29.8 Å². The summed E-state index contributed by atoms with van der Waals surface area (Å²) in [6.45, 7) is 1.46. The van der Waals surface area contributed by atoms with Gasteiger partial charge in [0.15, 0.2) is 0 Å². The third-order valence-electron chi connectivity index (χ3n) is 2.76. The van der Waals surface area contributed by atoms with Crippen LogP contribution in [0.1, 0.15) is 11.1 Å². The van der Waals surface area contributed by atoms with Crippen LogP contribution in [0.2, 0.25) is 0 Å². The van der Waals surface area contributed by atoms with E-state index in [-0.39, 0.29) is 6.61 Å². The number of nitrogens with zero attached hydrogens (tertiary/aromatic N) is 2. The second-order valence-corrected chi connectivity index (χ2v) is 5.35. The van der Waals surface area contributed by atoms with E-state index in [2.05, 4.69) is 4.98 Å². The van der Waals surface area contributed by atoms with E-state index >= 15 is 0 Å². The number of hydrogen-bond acceptors (Lipinski definition) is 6. The maximum atomic E-state index is 11.7. The van der Waals surface area contributed by atoms with Crippen molar-refractivity contribution >= 4 is 11.8 Å². The molecule has 2 heterocycles. The molecule has 1 unspecified atom stereocenters. The largest absolute Gasteiger partial charge is 0.395 e. The van der Waals surface area contributed by atoms with Gasteiger partial charge in [-0.25, -0.2) is 4.79 Å². The highest BCUT2D eigenvalue weighted by molar-refractivity contribution is 8.00. The van der Waals surface area contributed by atoms with E-state index in [1.54, 1.807) is 13.0 Å². The van der Waals surface area contributed by atoms with E-state index in [0.717, 1.165) is 0 Å². The van der Waals surface area contributed by atoms with Gasteiger partial charge in [-0.15, -0.1) is 11.8 Å². The topological polar surface area (TPSA) is 95.6 Å². The lowest BCUT2D eigenvalue weighted by Crippen LogP contribution is -2.35. The number of rotatable bonds is 2. The molecule has 2 rings (SSSR count). The van der Waals surface area contributed by atoms with Gasteiger partial charge in [0.05, 0.1) is 18.0 Å². The van der Waals surface area contributed by atoms with Gasteiger partial charge in [-0.3, -0.25) is 4.57 Å². The predicted octanol–water partition coefficient (Wildman–Crippen LogP) is -1.12. The summed E-state index contributed by atoms with van der Waals surface area (Å²) in [5.74, 6) is 0. The standard InChI is InChI=1S/C10H14N2O4S/c1-5-2-3-12(10(16)11-5)9-8(15)7(14)6(4-13)17-9/h2-3,6-9,13-15H,4H2,1H3/t6-,7?,8-,9-/m1/s1. The fourth-order valence-electron chi connectivity index (χ4n) is 1.80. The molecule has 1 aliphatic rings. The average molecular weight is 258 g/mol. The summed E-state index contributed by atoms with van der Waals surface area (Å²) in [5, 5.41) is 27.5. The fourth-order valence-corrected chi connectivity index (χ4v) is 3.18. The molecule has 1 saturated heterocycles. The van der Waals surface area contributed by atoms with Gasteiger partial charge in [0, 0.05) is 11.9 Å². The third-order valence-corrected chi connectivity index (χ3v) is 4.32. The molecule has 0 radical (unpaired) electrons. The van der Waals surface area contributed by atoms with Crippen molar-refractivity contribution in [3.8, 4) is 0 Å². The summed E-state index contributed by atoms with van der Waals surface area (Å²) in [7, 11) is 0. The Morgan fingerprint density at radius 3 is 2.71 bits per heavy atom. The Bertz CT molecular complexity index is 464. The molecule has 0 saturated carbocycles. The first kappa shape index (κ1) is 12.6. The fraction of sp³-hybridized carbons (Fsp3) is 0.600. The Morgan fingerprint density at radius 1 is 1.47 bits per heavy atom. The van der Waals surface area contributed by atoms with E-state index in [4.69, 9.17) is 5.11 Å². The lowest BCUT2D eigenvalue weighted by Gasteiger charge is -2.17. The van der Waals surface area contributed by atoms with E-state index in [0.29, 0.717) is 5.69 Å². The molecule has 0 amide bonds. The van der Waals surface area contributed by atoms with Crippen LogP contribution in [-0.4, -0.2) is 48.9 Å². The molecule has 0 bridgehead atoms. The van der Waals surface area contributed by atoms with Gasteiger partial charge in [-0.05, 0) is 13.0 Å². The Hall–Kier alpha value is -0.890. The van der Waals surface area contributed by atoms with Crippen molar-refractivity contribution in [3.63, 3.8) is 0 Å². The minimum absolute atomic E-state index is 0.243. The summed E-state index contributed by atoms with van der Waals surface area (Å²) in [6, 6.07) is 1.66. The molecule has 1 aliphatic heterocycles. The molecule has 1 fully saturated rings. The van der Waals surface area contributed by atoms with Gasteiger partial charge in [0.2, 0.25) is 0 Å². The molecule has 0 aromatic carbocycles. The van der Waals surface area contributed by atoms with Crippen molar-refractivity contribution in [2.75, 3.05) is 6.61 Å². The SMILES string of the molecule is Cc1ccn([C@@H]2S[C@H](CO)C(O)[C@H]2O)c(=O)n1. The van der Waals surface area contributed by atoms with E-state index in [9.17, 15) is 15.0 Å². The van der Waals surface area contributed by atoms with Crippen LogP contribution in [0.5, 0.6) is 0 Å². The van der Waals surface area contributed by atoms with Gasteiger partial charge in [0.25, 0.3) is 0 Å². The maximum absolute atomic E-state index is 11.7. The lowest BCUT2D eigenvalue weighted by atomic mass is 10.1. The van der Waals surface area contributed by atoms with Crippen LogP contribution in [0.3, 0.4) is 0 Å². The van der Waals surface area contributed by atoms with Crippen molar-refractivity contribution in [2.24, 2.45) is 0 Å². The van der Waals surface area contributed by atoms with Crippen LogP contribution in [0.4, 0.5) is 0 Å². The number of aromatic nitrogens is 2. The normalized spacial score (nSPS) is 32.9. The zero-order chi connectivity index (χ0) is 12.6. The van der Waals surface area contributed by atoms with Crippen LogP contribution in [0, 0.1) is 6.92 Å². The molecule has 6 nitrogen and oxygen atoms in total. The summed E-state index contributed by atoms with van der Waals surface area (Å²) in [5.41, 5.74) is 0.135. The predicted molar refractivity (Wildman–Crippen MR) is 62.7 cm³/mol. The zero-order valence-corrected chi connectivity index (χ0v) is 10.0. The molecule has 7 heteroatoms. The lowest BCUT2D eigenvalue weighted by molar-refractivity contribution is 0.0101. The molecule has 0 spiro atoms. The smallest absolute Gasteiger partial charge is 0.348 e. The van der Waals surface area contributed by atoms with Crippen LogP contribution < -0.4 is 5.69 Å². The van der Waals surface area contributed by atoms with Crippen molar-refractivity contribution in [1.29, 1.82) is 0 Å². The number of aryl methyl sites for hydroxylation is 1. The minimum Gasteiger partial charge on any atom is -0.395 e. The average Bonchev–Trinajstić information content (AvgIpc) is 2.57. The molecule has 17 heavy (non-hydrogen) atoms. The monoisotopic (exact) mass is 258 g/mol. The van der Waals surface area contributed by atoms with Gasteiger partial charge in [0.1, 0.15) is 11.5 Å². The maximum Gasteiger partial charge on any atom is 0.348 e. The second kappa shape index (κ2) is 4.77. The molecular weight excluding hydrogens is 244 g/mol. The van der Waals surface area contributed by atoms with Gasteiger partial charge >= 0.3 is 5.69 Å². The van der Waals surface area contributed by atoms with Gasteiger partial charge in [-0.2, -0.15) is 4.98 Å².